The molecular weight excluding hydrogens is 230 g/mol. The Morgan fingerprint density at radius 3 is 2.54 bits per heavy atom. The van der Waals surface area contributed by atoms with Crippen LogP contribution in [0.5, 0.6) is 0 Å². The van der Waals surface area contributed by atoms with E-state index in [0.29, 0.717) is 0 Å². The molecule has 13 heavy (non-hydrogen) atoms. The van der Waals surface area contributed by atoms with Gasteiger partial charge in [0.2, 0.25) is 0 Å². The average molecular weight is 238 g/mol. The third-order valence-corrected chi connectivity index (χ3v) is 2.61. The predicted molar refractivity (Wildman–Crippen MR) is 54.1 cm³/mol. The van der Waals surface area contributed by atoms with Gasteiger partial charge in [-0.05, 0) is 28.1 Å². The molecule has 2 heterocycles. The van der Waals surface area contributed by atoms with Gasteiger partial charge < -0.3 is 4.57 Å². The number of hydrogen-bond acceptors (Lipinski definition) is 2. The lowest BCUT2D eigenvalue weighted by Gasteiger charge is -2.00. The Morgan fingerprint density at radius 1 is 1.31 bits per heavy atom. The number of aromatic nitrogens is 3. The third kappa shape index (κ3) is 1.49. The van der Waals surface area contributed by atoms with Crippen molar-refractivity contribution in [2.75, 3.05) is 0 Å². The van der Waals surface area contributed by atoms with Crippen molar-refractivity contribution in [3.63, 3.8) is 0 Å². The molecule has 3 nitrogen and oxygen atoms in total. The molecule has 0 unspecified atom stereocenters. The summed E-state index contributed by atoms with van der Waals surface area (Å²) in [5.74, 6) is 0.939. The van der Waals surface area contributed by atoms with E-state index in [2.05, 4.69) is 25.9 Å². The zero-order valence-corrected chi connectivity index (χ0v) is 8.69. The Morgan fingerprint density at radius 2 is 2.00 bits per heavy atom. The smallest absolute Gasteiger partial charge is 0.140 e. The van der Waals surface area contributed by atoms with E-state index in [1.54, 1.807) is 18.6 Å². The highest BCUT2D eigenvalue weighted by atomic mass is 79.9. The molecule has 0 N–H and O–H groups in total. The van der Waals surface area contributed by atoms with Gasteiger partial charge in [0.15, 0.2) is 0 Å². The van der Waals surface area contributed by atoms with Crippen LogP contribution in [-0.4, -0.2) is 14.5 Å². The van der Waals surface area contributed by atoms with Crippen molar-refractivity contribution >= 4 is 15.9 Å². The van der Waals surface area contributed by atoms with Crippen LogP contribution in [0, 0.1) is 0 Å². The molecule has 0 aromatic carbocycles. The molecule has 2 aromatic rings. The van der Waals surface area contributed by atoms with Gasteiger partial charge in [0.1, 0.15) is 10.4 Å². The molecular formula is C9H8BrN3. The van der Waals surface area contributed by atoms with Gasteiger partial charge in [0.25, 0.3) is 0 Å². The van der Waals surface area contributed by atoms with Crippen molar-refractivity contribution in [2.24, 2.45) is 7.05 Å². The standard InChI is InChI=1S/C9H8BrN3/c1-13-8(10)6-12-9(13)7-2-4-11-5-3-7/h2-6H,1H3. The summed E-state index contributed by atoms with van der Waals surface area (Å²) in [4.78, 5) is 8.23. The topological polar surface area (TPSA) is 30.7 Å². The van der Waals surface area contributed by atoms with Crippen LogP contribution in [-0.2, 0) is 7.05 Å². The maximum atomic E-state index is 4.27. The van der Waals surface area contributed by atoms with Crippen molar-refractivity contribution in [1.82, 2.24) is 14.5 Å². The van der Waals surface area contributed by atoms with E-state index in [-0.39, 0.29) is 0 Å². The van der Waals surface area contributed by atoms with Gasteiger partial charge in [-0.1, -0.05) is 0 Å². The Labute approximate surface area is 84.6 Å². The maximum absolute atomic E-state index is 4.27. The van der Waals surface area contributed by atoms with Gasteiger partial charge in [-0.2, -0.15) is 0 Å². The van der Waals surface area contributed by atoms with Crippen molar-refractivity contribution in [1.29, 1.82) is 0 Å². The van der Waals surface area contributed by atoms with E-state index in [1.807, 2.05) is 23.7 Å². The number of imidazole rings is 1. The normalized spacial score (nSPS) is 10.3. The molecule has 0 aliphatic heterocycles. The molecule has 4 heteroatoms. The van der Waals surface area contributed by atoms with Crippen LogP contribution in [0.3, 0.4) is 0 Å². The quantitative estimate of drug-likeness (QED) is 0.762. The summed E-state index contributed by atoms with van der Waals surface area (Å²) in [5, 5.41) is 0. The lowest BCUT2D eigenvalue weighted by atomic mass is 10.2. The molecule has 0 spiro atoms. The fourth-order valence-corrected chi connectivity index (χ4v) is 1.43. The van der Waals surface area contributed by atoms with Gasteiger partial charge in [-0.3, -0.25) is 4.98 Å². The largest absolute Gasteiger partial charge is 0.322 e. The van der Waals surface area contributed by atoms with Crippen molar-refractivity contribution in [3.8, 4) is 11.4 Å². The first kappa shape index (κ1) is 8.44. The van der Waals surface area contributed by atoms with Crippen molar-refractivity contribution < 1.29 is 0 Å². The van der Waals surface area contributed by atoms with E-state index in [1.165, 1.54) is 0 Å². The Bertz CT molecular complexity index is 408. The molecule has 0 aliphatic rings. The van der Waals surface area contributed by atoms with E-state index in [4.69, 9.17) is 0 Å². The Balaban J connectivity index is 2.53. The highest BCUT2D eigenvalue weighted by molar-refractivity contribution is 9.10. The number of hydrogen-bond donors (Lipinski definition) is 0. The zero-order chi connectivity index (χ0) is 9.26. The van der Waals surface area contributed by atoms with E-state index in [9.17, 15) is 0 Å². The first-order chi connectivity index (χ1) is 6.29. The minimum absolute atomic E-state index is 0.939. The predicted octanol–water partition coefficient (Wildman–Crippen LogP) is 2.24. The molecule has 0 saturated heterocycles. The average Bonchev–Trinajstić information content (AvgIpc) is 2.49. The molecule has 0 radical (unpaired) electrons. The summed E-state index contributed by atoms with van der Waals surface area (Å²) in [6, 6.07) is 3.88. The third-order valence-electron chi connectivity index (χ3n) is 1.87. The second-order valence-corrected chi connectivity index (χ2v) is 3.51. The molecule has 0 saturated carbocycles. The highest BCUT2D eigenvalue weighted by Gasteiger charge is 2.05. The molecule has 2 rings (SSSR count). The van der Waals surface area contributed by atoms with Gasteiger partial charge in [-0.25, -0.2) is 4.98 Å². The Hall–Kier alpha value is -1.16. The molecule has 0 atom stereocenters. The monoisotopic (exact) mass is 237 g/mol. The van der Waals surface area contributed by atoms with Crippen LogP contribution in [0.15, 0.2) is 35.3 Å². The van der Waals surface area contributed by atoms with E-state index < -0.39 is 0 Å². The maximum Gasteiger partial charge on any atom is 0.140 e. The van der Waals surface area contributed by atoms with Crippen molar-refractivity contribution in [2.45, 2.75) is 0 Å². The second-order valence-electron chi connectivity index (χ2n) is 2.70. The first-order valence-electron chi connectivity index (χ1n) is 3.86. The summed E-state index contributed by atoms with van der Waals surface area (Å²) in [7, 11) is 1.97. The molecule has 0 fully saturated rings. The van der Waals surface area contributed by atoms with E-state index in [0.717, 1.165) is 16.0 Å². The van der Waals surface area contributed by atoms with Gasteiger partial charge in [-0.15, -0.1) is 0 Å². The summed E-state index contributed by atoms with van der Waals surface area (Å²) >= 11 is 3.40. The summed E-state index contributed by atoms with van der Waals surface area (Å²) in [5.41, 5.74) is 1.07. The van der Waals surface area contributed by atoms with E-state index >= 15 is 0 Å². The highest BCUT2D eigenvalue weighted by Crippen LogP contribution is 2.19. The van der Waals surface area contributed by atoms with Gasteiger partial charge in [0, 0.05) is 25.0 Å². The van der Waals surface area contributed by atoms with Gasteiger partial charge >= 0.3 is 0 Å². The summed E-state index contributed by atoms with van der Waals surface area (Å²) < 4.78 is 2.95. The minimum Gasteiger partial charge on any atom is -0.322 e. The lowest BCUT2D eigenvalue weighted by Crippen LogP contribution is -1.92. The molecule has 66 valence electrons. The molecule has 0 bridgehead atoms. The number of halogens is 1. The summed E-state index contributed by atoms with van der Waals surface area (Å²) in [6.07, 6.45) is 5.31. The van der Waals surface area contributed by atoms with Crippen molar-refractivity contribution in [3.05, 3.63) is 35.3 Å². The molecule has 2 aromatic heterocycles. The Kier molecular flexibility index (Phi) is 2.14. The van der Waals surface area contributed by atoms with Crippen LogP contribution in [0.4, 0.5) is 0 Å². The number of rotatable bonds is 1. The molecule has 0 amide bonds. The molecule has 0 aliphatic carbocycles. The SMILES string of the molecule is Cn1c(Br)cnc1-c1ccncc1. The van der Waals surface area contributed by atoms with Crippen LogP contribution < -0.4 is 0 Å². The van der Waals surface area contributed by atoms with Crippen LogP contribution in [0.25, 0.3) is 11.4 Å². The number of pyridine rings is 1. The lowest BCUT2D eigenvalue weighted by molar-refractivity contribution is 0.901. The fraction of sp³-hybridized carbons (Fsp3) is 0.111. The first-order valence-corrected chi connectivity index (χ1v) is 4.66. The second kappa shape index (κ2) is 3.30. The van der Waals surface area contributed by atoms with Gasteiger partial charge in [0.05, 0.1) is 6.20 Å². The van der Waals surface area contributed by atoms with Crippen LogP contribution >= 0.6 is 15.9 Å². The van der Waals surface area contributed by atoms with Crippen LogP contribution in [0.2, 0.25) is 0 Å². The minimum atomic E-state index is 0.939. The van der Waals surface area contributed by atoms with Crippen LogP contribution in [0.1, 0.15) is 0 Å². The number of nitrogens with zero attached hydrogens (tertiary/aromatic N) is 3. The zero-order valence-electron chi connectivity index (χ0n) is 7.11. The summed E-state index contributed by atoms with van der Waals surface area (Å²) in [6.45, 7) is 0. The fourth-order valence-electron chi connectivity index (χ4n) is 1.16.